The fraction of sp³-hybridized carbons (Fsp3) is 0.235. The van der Waals surface area contributed by atoms with E-state index >= 15 is 0 Å². The van der Waals surface area contributed by atoms with Crippen LogP contribution in [0.15, 0.2) is 42.5 Å². The van der Waals surface area contributed by atoms with Crippen molar-refractivity contribution in [3.05, 3.63) is 65.2 Å². The maximum absolute atomic E-state index is 13.2. The number of halogens is 2. The second kappa shape index (κ2) is 7.19. The molecule has 0 aromatic heterocycles. The van der Waals surface area contributed by atoms with E-state index in [0.717, 1.165) is 12.1 Å². The fourth-order valence-corrected chi connectivity index (χ4v) is 2.22. The van der Waals surface area contributed by atoms with E-state index in [2.05, 4.69) is 5.32 Å². The molecule has 0 saturated heterocycles. The number of aliphatic hydroxyl groups excluding tert-OH is 1. The van der Waals surface area contributed by atoms with Crippen molar-refractivity contribution in [2.75, 3.05) is 0 Å². The Kier molecular flexibility index (Phi) is 5.28. The summed E-state index contributed by atoms with van der Waals surface area (Å²) in [5.41, 5.74) is 0.797. The highest BCUT2D eigenvalue weighted by Gasteiger charge is 2.20. The normalized spacial score (nSPS) is 13.4. The lowest BCUT2D eigenvalue weighted by Crippen LogP contribution is -2.38. The highest BCUT2D eigenvalue weighted by atomic mass is 19.2. The van der Waals surface area contributed by atoms with Gasteiger partial charge in [0.2, 0.25) is 5.91 Å². The van der Waals surface area contributed by atoms with Crippen LogP contribution in [0.3, 0.4) is 0 Å². The topological polar surface area (TPSA) is 69.6 Å². The fourth-order valence-electron chi connectivity index (χ4n) is 2.22. The van der Waals surface area contributed by atoms with Crippen molar-refractivity contribution in [1.29, 1.82) is 0 Å². The van der Waals surface area contributed by atoms with Crippen LogP contribution in [0.1, 0.15) is 24.2 Å². The number of carbonyl (C=O) groups excluding carboxylic acids is 1. The molecule has 0 heterocycles. The Morgan fingerprint density at radius 2 is 1.91 bits per heavy atom. The molecular weight excluding hydrogens is 304 g/mol. The molecule has 1 amide bonds. The first-order valence-corrected chi connectivity index (χ1v) is 7.07. The average Bonchev–Trinajstić information content (AvgIpc) is 2.49. The van der Waals surface area contributed by atoms with Crippen molar-refractivity contribution in [2.24, 2.45) is 0 Å². The maximum Gasteiger partial charge on any atom is 0.224 e. The van der Waals surface area contributed by atoms with Crippen LogP contribution in [-0.4, -0.2) is 22.2 Å². The lowest BCUT2D eigenvalue weighted by molar-refractivity contribution is -0.121. The second-order valence-corrected chi connectivity index (χ2v) is 5.32. The highest BCUT2D eigenvalue weighted by molar-refractivity contribution is 5.79. The molecule has 4 nitrogen and oxygen atoms in total. The second-order valence-electron chi connectivity index (χ2n) is 5.32. The van der Waals surface area contributed by atoms with Gasteiger partial charge < -0.3 is 15.5 Å². The number of benzene rings is 2. The number of hydrogen-bond donors (Lipinski definition) is 3. The van der Waals surface area contributed by atoms with Crippen LogP contribution in [0.2, 0.25) is 0 Å². The van der Waals surface area contributed by atoms with Gasteiger partial charge in [0.25, 0.3) is 0 Å². The first kappa shape index (κ1) is 16.9. The third kappa shape index (κ3) is 4.50. The van der Waals surface area contributed by atoms with Gasteiger partial charge in [-0.2, -0.15) is 0 Å². The SMILES string of the molecule is C[C@H](NC(=O)Cc1cccc(O)c1)[C@@H](O)c1ccc(F)c(F)c1. The quantitative estimate of drug-likeness (QED) is 0.792. The molecule has 0 aliphatic heterocycles. The Balaban J connectivity index is 1.98. The Labute approximate surface area is 132 Å². The number of amides is 1. The van der Waals surface area contributed by atoms with Gasteiger partial charge in [-0.1, -0.05) is 18.2 Å². The third-order valence-corrected chi connectivity index (χ3v) is 3.42. The average molecular weight is 321 g/mol. The number of phenolic OH excluding ortho intramolecular Hbond substituents is 1. The lowest BCUT2D eigenvalue weighted by Gasteiger charge is -2.21. The molecule has 122 valence electrons. The smallest absolute Gasteiger partial charge is 0.224 e. The van der Waals surface area contributed by atoms with Gasteiger partial charge in [0.15, 0.2) is 11.6 Å². The van der Waals surface area contributed by atoms with E-state index in [1.165, 1.54) is 18.2 Å². The Hall–Kier alpha value is -2.47. The minimum Gasteiger partial charge on any atom is -0.508 e. The molecule has 2 aromatic carbocycles. The zero-order valence-electron chi connectivity index (χ0n) is 12.5. The molecule has 0 saturated carbocycles. The van der Waals surface area contributed by atoms with Crippen molar-refractivity contribution >= 4 is 5.91 Å². The van der Waals surface area contributed by atoms with Gasteiger partial charge in [0.1, 0.15) is 5.75 Å². The standard InChI is InChI=1S/C17H17F2NO3/c1-10(17(23)12-5-6-14(18)15(19)9-12)20-16(22)8-11-3-2-4-13(21)7-11/h2-7,9-10,17,21,23H,8H2,1H3,(H,20,22)/t10-,17+/m0/s1. The summed E-state index contributed by atoms with van der Waals surface area (Å²) in [5.74, 6) is -2.35. The summed E-state index contributed by atoms with van der Waals surface area (Å²) in [7, 11) is 0. The summed E-state index contributed by atoms with van der Waals surface area (Å²) in [4.78, 5) is 12.0. The monoisotopic (exact) mass is 321 g/mol. The van der Waals surface area contributed by atoms with Crippen molar-refractivity contribution in [3.63, 3.8) is 0 Å². The van der Waals surface area contributed by atoms with Gasteiger partial charge >= 0.3 is 0 Å². The van der Waals surface area contributed by atoms with E-state index in [9.17, 15) is 23.8 Å². The number of aromatic hydroxyl groups is 1. The molecule has 6 heteroatoms. The van der Waals surface area contributed by atoms with Crippen molar-refractivity contribution in [3.8, 4) is 5.75 Å². The van der Waals surface area contributed by atoms with Crippen LogP contribution in [0.25, 0.3) is 0 Å². The van der Waals surface area contributed by atoms with Crippen LogP contribution in [0.4, 0.5) is 8.78 Å². The molecule has 2 atom stereocenters. The first-order valence-electron chi connectivity index (χ1n) is 7.07. The molecule has 0 fully saturated rings. The van der Waals surface area contributed by atoms with Crippen molar-refractivity contribution in [1.82, 2.24) is 5.32 Å². The molecule has 0 unspecified atom stereocenters. The zero-order chi connectivity index (χ0) is 17.0. The predicted molar refractivity (Wildman–Crippen MR) is 80.7 cm³/mol. The van der Waals surface area contributed by atoms with Crippen molar-refractivity contribution in [2.45, 2.75) is 25.5 Å². The molecule has 0 spiro atoms. The Morgan fingerprint density at radius 1 is 1.17 bits per heavy atom. The Bertz CT molecular complexity index is 706. The van der Waals surface area contributed by atoms with E-state index in [1.54, 1.807) is 19.1 Å². The van der Waals surface area contributed by atoms with Crippen LogP contribution in [-0.2, 0) is 11.2 Å². The van der Waals surface area contributed by atoms with Gasteiger partial charge in [-0.25, -0.2) is 8.78 Å². The van der Waals surface area contributed by atoms with E-state index < -0.39 is 23.8 Å². The van der Waals surface area contributed by atoms with E-state index in [4.69, 9.17) is 0 Å². The van der Waals surface area contributed by atoms with Gasteiger partial charge in [-0.15, -0.1) is 0 Å². The molecule has 0 bridgehead atoms. The van der Waals surface area contributed by atoms with E-state index in [1.807, 2.05) is 0 Å². The predicted octanol–water partition coefficient (Wildman–Crippen LogP) is 2.45. The van der Waals surface area contributed by atoms with Crippen LogP contribution in [0, 0.1) is 11.6 Å². The third-order valence-electron chi connectivity index (χ3n) is 3.42. The summed E-state index contributed by atoms with van der Waals surface area (Å²) in [6, 6.07) is 8.68. The van der Waals surface area contributed by atoms with E-state index in [-0.39, 0.29) is 23.6 Å². The summed E-state index contributed by atoms with van der Waals surface area (Å²) in [6.07, 6.45) is -1.14. The highest BCUT2D eigenvalue weighted by Crippen LogP contribution is 2.19. The zero-order valence-corrected chi connectivity index (χ0v) is 12.5. The summed E-state index contributed by atoms with van der Waals surface area (Å²) in [6.45, 7) is 1.56. The molecule has 3 N–H and O–H groups in total. The largest absolute Gasteiger partial charge is 0.508 e. The minimum absolute atomic E-state index is 0.0310. The van der Waals surface area contributed by atoms with E-state index in [0.29, 0.717) is 5.56 Å². The van der Waals surface area contributed by atoms with Gasteiger partial charge in [-0.3, -0.25) is 4.79 Å². The van der Waals surface area contributed by atoms with Gasteiger partial charge in [0.05, 0.1) is 18.6 Å². The Morgan fingerprint density at radius 3 is 2.57 bits per heavy atom. The van der Waals surface area contributed by atoms with Crippen LogP contribution >= 0.6 is 0 Å². The number of phenols is 1. The lowest BCUT2D eigenvalue weighted by atomic mass is 10.0. The number of hydrogen-bond acceptors (Lipinski definition) is 3. The number of aliphatic hydroxyl groups is 1. The number of carbonyl (C=O) groups is 1. The molecule has 2 aromatic rings. The minimum atomic E-state index is -1.17. The molecular formula is C17H17F2NO3. The molecule has 0 aliphatic carbocycles. The molecule has 0 radical (unpaired) electrons. The van der Waals surface area contributed by atoms with Gasteiger partial charge in [0, 0.05) is 0 Å². The molecule has 23 heavy (non-hydrogen) atoms. The van der Waals surface area contributed by atoms with Crippen molar-refractivity contribution < 1.29 is 23.8 Å². The first-order chi connectivity index (χ1) is 10.9. The number of nitrogens with one attached hydrogen (secondary N) is 1. The number of rotatable bonds is 5. The van der Waals surface area contributed by atoms with Crippen LogP contribution in [0.5, 0.6) is 5.75 Å². The molecule has 2 rings (SSSR count). The summed E-state index contributed by atoms with van der Waals surface area (Å²) < 4.78 is 26.1. The van der Waals surface area contributed by atoms with Gasteiger partial charge in [-0.05, 0) is 42.3 Å². The molecule has 0 aliphatic rings. The summed E-state index contributed by atoms with van der Waals surface area (Å²) in [5, 5.41) is 22.1. The van der Waals surface area contributed by atoms with Crippen LogP contribution < -0.4 is 5.32 Å². The maximum atomic E-state index is 13.2. The summed E-state index contributed by atoms with van der Waals surface area (Å²) >= 11 is 0.